The second-order valence-electron chi connectivity index (χ2n) is 6.77. The van der Waals surface area contributed by atoms with E-state index in [1.165, 1.54) is 0 Å². The Bertz CT molecular complexity index is 1160. The molecule has 9 heteroatoms. The van der Waals surface area contributed by atoms with E-state index in [0.29, 0.717) is 23.4 Å². The van der Waals surface area contributed by atoms with Crippen molar-refractivity contribution >= 4 is 35.4 Å². The van der Waals surface area contributed by atoms with Crippen LogP contribution in [0, 0.1) is 0 Å². The van der Waals surface area contributed by atoms with E-state index in [-0.39, 0.29) is 5.95 Å². The minimum absolute atomic E-state index is 0.264. The summed E-state index contributed by atoms with van der Waals surface area (Å²) in [6.07, 6.45) is 1.61. The maximum absolute atomic E-state index is 5.38. The molecule has 0 aliphatic heterocycles. The van der Waals surface area contributed by atoms with Crippen LogP contribution in [-0.2, 0) is 0 Å². The third-order valence-electron chi connectivity index (χ3n) is 4.50. The summed E-state index contributed by atoms with van der Waals surface area (Å²) in [5.74, 6) is 2.36. The first kappa shape index (κ1) is 21.6. The van der Waals surface area contributed by atoms with Gasteiger partial charge in [-0.25, -0.2) is 5.43 Å². The Morgan fingerprint density at radius 2 is 1.27 bits per heavy atom. The third kappa shape index (κ3) is 5.95. The van der Waals surface area contributed by atoms with E-state index in [0.717, 1.165) is 16.9 Å². The highest BCUT2D eigenvalue weighted by Crippen LogP contribution is 2.23. The van der Waals surface area contributed by atoms with Gasteiger partial charge in [0.05, 0.1) is 20.4 Å². The van der Waals surface area contributed by atoms with Crippen LogP contribution in [0.5, 0.6) is 11.5 Å². The van der Waals surface area contributed by atoms with E-state index >= 15 is 0 Å². The number of rotatable bonds is 9. The lowest BCUT2D eigenvalue weighted by molar-refractivity contribution is 0.402. The number of ether oxygens (including phenoxy) is 2. The fraction of sp³-hybridized carbons (Fsp3) is 0.0833. The molecular weight excluding hydrogens is 418 g/mol. The van der Waals surface area contributed by atoms with E-state index in [1.54, 1.807) is 20.4 Å². The topological polar surface area (TPSA) is 106 Å². The Kier molecular flexibility index (Phi) is 6.92. The Balaban J connectivity index is 1.59. The van der Waals surface area contributed by atoms with Crippen molar-refractivity contribution < 1.29 is 9.47 Å². The molecule has 0 fully saturated rings. The Hall–Kier alpha value is -4.66. The minimum Gasteiger partial charge on any atom is -0.497 e. The van der Waals surface area contributed by atoms with Crippen LogP contribution in [0.3, 0.4) is 0 Å². The number of para-hydroxylation sites is 2. The predicted molar refractivity (Wildman–Crippen MR) is 130 cm³/mol. The maximum Gasteiger partial charge on any atom is 0.250 e. The molecule has 0 aliphatic rings. The number of aromatic nitrogens is 3. The first-order valence-corrected chi connectivity index (χ1v) is 10.1. The summed E-state index contributed by atoms with van der Waals surface area (Å²) in [5, 5.41) is 10.6. The normalized spacial score (nSPS) is 10.6. The van der Waals surface area contributed by atoms with Crippen molar-refractivity contribution in [3.63, 3.8) is 0 Å². The summed E-state index contributed by atoms with van der Waals surface area (Å²) in [4.78, 5) is 13.3. The quantitative estimate of drug-likeness (QED) is 0.251. The van der Waals surface area contributed by atoms with Crippen molar-refractivity contribution in [2.45, 2.75) is 0 Å². The second-order valence-corrected chi connectivity index (χ2v) is 6.77. The van der Waals surface area contributed by atoms with Gasteiger partial charge in [0, 0.05) is 16.9 Å². The highest BCUT2D eigenvalue weighted by atomic mass is 16.5. The van der Waals surface area contributed by atoms with Gasteiger partial charge in [0.1, 0.15) is 11.5 Å². The van der Waals surface area contributed by atoms with Gasteiger partial charge in [0.15, 0.2) is 0 Å². The molecule has 4 rings (SSSR count). The highest BCUT2D eigenvalue weighted by Gasteiger charge is 2.08. The van der Waals surface area contributed by atoms with Gasteiger partial charge < -0.3 is 20.1 Å². The molecule has 9 nitrogen and oxygen atoms in total. The SMILES string of the molecule is COc1ccc(OC)c(/C=N\Nc2nc(Nc3ccccc3)nc(Nc3ccccc3)n2)c1. The van der Waals surface area contributed by atoms with Crippen LogP contribution < -0.4 is 25.5 Å². The van der Waals surface area contributed by atoms with Crippen molar-refractivity contribution in [1.29, 1.82) is 0 Å². The maximum atomic E-state index is 5.38. The number of anilines is 5. The van der Waals surface area contributed by atoms with Crippen molar-refractivity contribution in [2.24, 2.45) is 5.10 Å². The molecule has 0 spiro atoms. The fourth-order valence-corrected chi connectivity index (χ4v) is 2.94. The number of hydrogen-bond acceptors (Lipinski definition) is 9. The lowest BCUT2D eigenvalue weighted by Gasteiger charge is -2.10. The molecule has 0 atom stereocenters. The summed E-state index contributed by atoms with van der Waals surface area (Å²) in [6.45, 7) is 0. The van der Waals surface area contributed by atoms with Gasteiger partial charge in [-0.1, -0.05) is 36.4 Å². The predicted octanol–water partition coefficient (Wildman–Crippen LogP) is 4.82. The van der Waals surface area contributed by atoms with Gasteiger partial charge in [-0.3, -0.25) is 0 Å². The van der Waals surface area contributed by atoms with Crippen LogP contribution in [0.15, 0.2) is 84.0 Å². The lowest BCUT2D eigenvalue weighted by Crippen LogP contribution is -2.07. The monoisotopic (exact) mass is 441 g/mol. The average Bonchev–Trinajstić information content (AvgIpc) is 2.85. The molecule has 3 N–H and O–H groups in total. The molecule has 0 radical (unpaired) electrons. The molecule has 0 bridgehead atoms. The van der Waals surface area contributed by atoms with E-state index in [1.807, 2.05) is 78.9 Å². The number of nitrogens with zero attached hydrogens (tertiary/aromatic N) is 4. The zero-order chi connectivity index (χ0) is 22.9. The van der Waals surface area contributed by atoms with Gasteiger partial charge in [0.25, 0.3) is 0 Å². The van der Waals surface area contributed by atoms with Gasteiger partial charge >= 0.3 is 0 Å². The molecule has 0 saturated heterocycles. The van der Waals surface area contributed by atoms with Crippen LogP contribution in [0.1, 0.15) is 5.56 Å². The highest BCUT2D eigenvalue weighted by molar-refractivity contribution is 5.84. The summed E-state index contributed by atoms with van der Waals surface area (Å²) in [6, 6.07) is 24.7. The third-order valence-corrected chi connectivity index (χ3v) is 4.50. The van der Waals surface area contributed by atoms with E-state index in [4.69, 9.17) is 9.47 Å². The Labute approximate surface area is 191 Å². The molecule has 0 aliphatic carbocycles. The Morgan fingerprint density at radius 1 is 0.697 bits per heavy atom. The first-order chi connectivity index (χ1) is 16.2. The second kappa shape index (κ2) is 10.6. The van der Waals surface area contributed by atoms with E-state index < -0.39 is 0 Å². The Morgan fingerprint density at radius 3 is 1.82 bits per heavy atom. The molecule has 1 heterocycles. The molecule has 3 aromatic carbocycles. The zero-order valence-corrected chi connectivity index (χ0v) is 18.2. The number of hydrazone groups is 1. The molecule has 33 heavy (non-hydrogen) atoms. The van der Waals surface area contributed by atoms with Gasteiger partial charge in [-0.15, -0.1) is 0 Å². The van der Waals surface area contributed by atoms with Crippen LogP contribution in [0.25, 0.3) is 0 Å². The number of hydrogen-bond donors (Lipinski definition) is 3. The largest absolute Gasteiger partial charge is 0.497 e. The summed E-state index contributed by atoms with van der Waals surface area (Å²) >= 11 is 0. The summed E-state index contributed by atoms with van der Waals surface area (Å²) in [7, 11) is 3.20. The fourth-order valence-electron chi connectivity index (χ4n) is 2.94. The molecular formula is C24H23N7O2. The molecule has 0 saturated carbocycles. The van der Waals surface area contributed by atoms with Crippen molar-refractivity contribution in [3.05, 3.63) is 84.4 Å². The van der Waals surface area contributed by atoms with Crippen molar-refractivity contribution in [3.8, 4) is 11.5 Å². The standard InChI is InChI=1S/C24H23N7O2/c1-32-20-13-14-21(33-2)17(15-20)16-25-31-24-29-22(26-18-9-5-3-6-10-18)28-23(30-24)27-19-11-7-4-8-12-19/h3-16H,1-2H3,(H3,26,27,28,29,30,31)/b25-16-. The molecule has 166 valence electrons. The first-order valence-electron chi connectivity index (χ1n) is 10.1. The van der Waals surface area contributed by atoms with E-state index in [9.17, 15) is 0 Å². The number of methoxy groups -OCH3 is 2. The van der Waals surface area contributed by atoms with E-state index in [2.05, 4.69) is 36.1 Å². The molecule has 0 unspecified atom stereocenters. The van der Waals surface area contributed by atoms with Crippen LogP contribution in [0.2, 0.25) is 0 Å². The lowest BCUT2D eigenvalue weighted by atomic mass is 10.2. The van der Waals surface area contributed by atoms with Gasteiger partial charge in [-0.05, 0) is 42.5 Å². The van der Waals surface area contributed by atoms with Gasteiger partial charge in [0.2, 0.25) is 17.8 Å². The summed E-state index contributed by atoms with van der Waals surface area (Å²) in [5.41, 5.74) is 5.31. The van der Waals surface area contributed by atoms with Crippen molar-refractivity contribution in [2.75, 3.05) is 30.3 Å². The van der Waals surface area contributed by atoms with Crippen LogP contribution in [0.4, 0.5) is 29.2 Å². The number of benzene rings is 3. The van der Waals surface area contributed by atoms with Crippen LogP contribution in [-0.4, -0.2) is 35.4 Å². The van der Waals surface area contributed by atoms with Crippen LogP contribution >= 0.6 is 0 Å². The molecule has 1 aromatic heterocycles. The smallest absolute Gasteiger partial charge is 0.250 e. The molecule has 0 amide bonds. The summed E-state index contributed by atoms with van der Waals surface area (Å²) < 4.78 is 10.7. The zero-order valence-electron chi connectivity index (χ0n) is 18.2. The average molecular weight is 441 g/mol. The molecule has 4 aromatic rings. The van der Waals surface area contributed by atoms with Gasteiger partial charge in [-0.2, -0.15) is 20.1 Å². The number of nitrogens with one attached hydrogen (secondary N) is 3. The minimum atomic E-state index is 0.264. The van der Waals surface area contributed by atoms with Crippen molar-refractivity contribution in [1.82, 2.24) is 15.0 Å².